The van der Waals surface area contributed by atoms with Crippen LogP contribution in [0.4, 0.5) is 0 Å². The monoisotopic (exact) mass is 191 g/mol. The van der Waals surface area contributed by atoms with Crippen LogP contribution in [0.3, 0.4) is 0 Å². The molecule has 0 aliphatic heterocycles. The van der Waals surface area contributed by atoms with Gasteiger partial charge in [0, 0.05) is 11.6 Å². The molecule has 0 bridgehead atoms. The van der Waals surface area contributed by atoms with Gasteiger partial charge in [-0.15, -0.1) is 0 Å². The fourth-order valence-corrected chi connectivity index (χ4v) is 1.06. The predicted molar refractivity (Wildman–Crippen MR) is 57.2 cm³/mol. The molecule has 0 saturated carbocycles. The Morgan fingerprint density at radius 3 is 2.57 bits per heavy atom. The third kappa shape index (κ3) is 2.94. The lowest BCUT2D eigenvalue weighted by Gasteiger charge is -1.99. The molecule has 1 aromatic carbocycles. The summed E-state index contributed by atoms with van der Waals surface area (Å²) in [6.07, 6.45) is 1.55. The van der Waals surface area contributed by atoms with Crippen molar-refractivity contribution in [1.29, 1.82) is 0 Å². The van der Waals surface area contributed by atoms with Crippen molar-refractivity contribution in [2.75, 3.05) is 7.11 Å². The Morgan fingerprint density at radius 1 is 1.36 bits per heavy atom. The lowest BCUT2D eigenvalue weighted by Crippen LogP contribution is -1.90. The van der Waals surface area contributed by atoms with Crippen LogP contribution in [0.1, 0.15) is 12.5 Å². The lowest BCUT2D eigenvalue weighted by molar-refractivity contribution is 0.213. The highest BCUT2D eigenvalue weighted by molar-refractivity contribution is 5.97. The Hall–Kier alpha value is -1.77. The minimum Gasteiger partial charge on any atom is -0.507 e. The molecule has 0 saturated heterocycles. The minimum absolute atomic E-state index is 0.184. The second-order valence-corrected chi connectivity index (χ2v) is 2.81. The molecule has 0 heterocycles. The SMILES string of the molecule is CO/N=C(C)\C=C(/O)c1ccccc1. The van der Waals surface area contributed by atoms with Gasteiger partial charge in [0.25, 0.3) is 0 Å². The number of hydrogen-bond donors (Lipinski definition) is 1. The summed E-state index contributed by atoms with van der Waals surface area (Å²) in [5.41, 5.74) is 1.38. The van der Waals surface area contributed by atoms with Crippen molar-refractivity contribution in [3.8, 4) is 0 Å². The van der Waals surface area contributed by atoms with Crippen LogP contribution in [-0.2, 0) is 4.84 Å². The first kappa shape index (κ1) is 10.3. The van der Waals surface area contributed by atoms with Gasteiger partial charge < -0.3 is 9.94 Å². The van der Waals surface area contributed by atoms with Crippen molar-refractivity contribution in [2.24, 2.45) is 5.16 Å². The van der Waals surface area contributed by atoms with Crippen molar-refractivity contribution < 1.29 is 9.94 Å². The molecule has 1 rings (SSSR count). The highest BCUT2D eigenvalue weighted by Gasteiger charge is 1.97. The predicted octanol–water partition coefficient (Wildman–Crippen LogP) is 2.61. The van der Waals surface area contributed by atoms with Gasteiger partial charge in [0.15, 0.2) is 0 Å². The molecular formula is C11H13NO2. The van der Waals surface area contributed by atoms with Gasteiger partial charge in [-0.2, -0.15) is 0 Å². The molecule has 0 unspecified atom stereocenters. The van der Waals surface area contributed by atoms with Crippen LogP contribution in [0.25, 0.3) is 5.76 Å². The number of allylic oxidation sites excluding steroid dienone is 1. The van der Waals surface area contributed by atoms with Gasteiger partial charge in [0.2, 0.25) is 0 Å². The van der Waals surface area contributed by atoms with E-state index in [4.69, 9.17) is 0 Å². The van der Waals surface area contributed by atoms with Crippen LogP contribution in [-0.4, -0.2) is 17.9 Å². The van der Waals surface area contributed by atoms with Crippen molar-refractivity contribution in [3.63, 3.8) is 0 Å². The maximum Gasteiger partial charge on any atom is 0.124 e. The summed E-state index contributed by atoms with van der Waals surface area (Å²) in [5.74, 6) is 0.184. The second-order valence-electron chi connectivity index (χ2n) is 2.81. The van der Waals surface area contributed by atoms with Gasteiger partial charge in [-0.25, -0.2) is 0 Å². The maximum absolute atomic E-state index is 9.64. The normalized spacial score (nSPS) is 12.7. The molecular weight excluding hydrogens is 178 g/mol. The van der Waals surface area contributed by atoms with Gasteiger partial charge in [-0.3, -0.25) is 0 Å². The molecule has 0 aliphatic carbocycles. The van der Waals surface area contributed by atoms with E-state index in [9.17, 15) is 5.11 Å². The van der Waals surface area contributed by atoms with Gasteiger partial charge in [0.1, 0.15) is 12.9 Å². The van der Waals surface area contributed by atoms with E-state index in [1.807, 2.05) is 30.3 Å². The molecule has 1 aromatic rings. The van der Waals surface area contributed by atoms with Crippen LogP contribution in [0.15, 0.2) is 41.6 Å². The Labute approximate surface area is 83.3 Å². The molecule has 0 spiro atoms. The largest absolute Gasteiger partial charge is 0.507 e. The van der Waals surface area contributed by atoms with Crippen LogP contribution >= 0.6 is 0 Å². The van der Waals surface area contributed by atoms with Crippen LogP contribution in [0.2, 0.25) is 0 Å². The van der Waals surface area contributed by atoms with E-state index in [2.05, 4.69) is 9.99 Å². The summed E-state index contributed by atoms with van der Waals surface area (Å²) in [7, 11) is 1.47. The number of benzene rings is 1. The molecule has 0 fully saturated rings. The first-order valence-electron chi connectivity index (χ1n) is 4.28. The van der Waals surface area contributed by atoms with E-state index in [1.54, 1.807) is 13.0 Å². The average Bonchev–Trinajstić information content (AvgIpc) is 2.19. The number of oxime groups is 1. The molecule has 3 nitrogen and oxygen atoms in total. The zero-order valence-electron chi connectivity index (χ0n) is 8.27. The molecule has 0 amide bonds. The number of rotatable bonds is 3. The molecule has 1 N–H and O–H groups in total. The Kier molecular flexibility index (Phi) is 3.73. The van der Waals surface area contributed by atoms with Crippen LogP contribution in [0, 0.1) is 0 Å². The van der Waals surface area contributed by atoms with Gasteiger partial charge in [-0.05, 0) is 6.92 Å². The van der Waals surface area contributed by atoms with Gasteiger partial charge in [-0.1, -0.05) is 35.5 Å². The highest BCUT2D eigenvalue weighted by Crippen LogP contribution is 2.10. The van der Waals surface area contributed by atoms with Gasteiger partial charge in [0.05, 0.1) is 5.71 Å². The van der Waals surface area contributed by atoms with Gasteiger partial charge >= 0.3 is 0 Å². The third-order valence-corrected chi connectivity index (χ3v) is 1.65. The van der Waals surface area contributed by atoms with E-state index in [0.29, 0.717) is 5.71 Å². The number of aliphatic hydroxyl groups excluding tert-OH is 1. The molecule has 74 valence electrons. The average molecular weight is 191 g/mol. The summed E-state index contributed by atoms with van der Waals surface area (Å²) in [5, 5.41) is 13.3. The van der Waals surface area contributed by atoms with E-state index >= 15 is 0 Å². The zero-order chi connectivity index (χ0) is 10.4. The third-order valence-electron chi connectivity index (χ3n) is 1.65. The van der Waals surface area contributed by atoms with Crippen LogP contribution in [0.5, 0.6) is 0 Å². The summed E-state index contributed by atoms with van der Waals surface area (Å²) in [4.78, 5) is 4.57. The Morgan fingerprint density at radius 2 is 2.00 bits per heavy atom. The molecule has 14 heavy (non-hydrogen) atoms. The smallest absolute Gasteiger partial charge is 0.124 e. The Bertz CT molecular complexity index is 342. The van der Waals surface area contributed by atoms with E-state index in [1.165, 1.54) is 7.11 Å². The molecule has 3 heteroatoms. The topological polar surface area (TPSA) is 41.8 Å². The fourth-order valence-electron chi connectivity index (χ4n) is 1.06. The van der Waals surface area contributed by atoms with E-state index in [0.717, 1.165) is 5.56 Å². The lowest BCUT2D eigenvalue weighted by atomic mass is 10.1. The summed E-state index contributed by atoms with van der Waals surface area (Å²) < 4.78 is 0. The standard InChI is InChI=1S/C11H13NO2/c1-9(12-14-2)8-11(13)10-6-4-3-5-7-10/h3-8,13H,1-2H3/b11-8-,12-9-. The number of nitrogens with zero attached hydrogens (tertiary/aromatic N) is 1. The zero-order valence-corrected chi connectivity index (χ0v) is 8.27. The summed E-state index contributed by atoms with van der Waals surface area (Å²) in [6, 6.07) is 9.27. The van der Waals surface area contributed by atoms with Crippen molar-refractivity contribution in [2.45, 2.75) is 6.92 Å². The fraction of sp³-hybridized carbons (Fsp3) is 0.182. The van der Waals surface area contributed by atoms with E-state index < -0.39 is 0 Å². The molecule has 0 atom stereocenters. The van der Waals surface area contributed by atoms with Crippen LogP contribution < -0.4 is 0 Å². The molecule has 0 radical (unpaired) electrons. The van der Waals surface area contributed by atoms with Crippen molar-refractivity contribution >= 4 is 11.5 Å². The number of hydrogen-bond acceptors (Lipinski definition) is 3. The first-order valence-corrected chi connectivity index (χ1v) is 4.28. The maximum atomic E-state index is 9.64. The van der Waals surface area contributed by atoms with Crippen molar-refractivity contribution in [3.05, 3.63) is 42.0 Å². The minimum atomic E-state index is 0.184. The first-order chi connectivity index (χ1) is 6.74. The number of aliphatic hydroxyl groups is 1. The summed E-state index contributed by atoms with van der Waals surface area (Å²) >= 11 is 0. The quantitative estimate of drug-likeness (QED) is 0.453. The van der Waals surface area contributed by atoms with Crippen molar-refractivity contribution in [1.82, 2.24) is 0 Å². The van der Waals surface area contributed by atoms with E-state index in [-0.39, 0.29) is 5.76 Å². The highest BCUT2D eigenvalue weighted by atomic mass is 16.6. The summed E-state index contributed by atoms with van der Waals surface area (Å²) in [6.45, 7) is 1.75. The molecule has 0 aliphatic rings. The molecule has 0 aromatic heterocycles. The Balaban J connectivity index is 2.85. The second kappa shape index (κ2) is 5.07.